The third kappa shape index (κ3) is 2.76. The Morgan fingerprint density at radius 3 is 1.78 bits per heavy atom. The van der Waals surface area contributed by atoms with Crippen LogP contribution in [0.25, 0.3) is 0 Å². The van der Waals surface area contributed by atoms with Crippen LogP contribution in [0.15, 0.2) is 6.07 Å². The smallest absolute Gasteiger partial charge is 0.0343 e. The minimum atomic E-state index is 0.0357. The molecule has 0 saturated carbocycles. The fraction of sp³-hybridized carbons (Fsp3) is 0.625. The van der Waals surface area contributed by atoms with Crippen molar-refractivity contribution in [1.29, 1.82) is 0 Å². The Bertz CT molecular complexity index is 395. The van der Waals surface area contributed by atoms with Crippen molar-refractivity contribution >= 4 is 0 Å². The van der Waals surface area contributed by atoms with E-state index in [0.717, 1.165) is 0 Å². The third-order valence-corrected chi connectivity index (χ3v) is 4.35. The summed E-state index contributed by atoms with van der Waals surface area (Å²) in [7, 11) is 0. The molecular formula is C16H28N2. The Morgan fingerprint density at radius 1 is 1.00 bits per heavy atom. The van der Waals surface area contributed by atoms with Gasteiger partial charge in [-0.2, -0.15) is 0 Å². The molecule has 18 heavy (non-hydrogen) atoms. The molecule has 1 rings (SSSR count). The highest BCUT2D eigenvalue weighted by atomic mass is 14.7. The molecule has 0 heterocycles. The lowest BCUT2D eigenvalue weighted by Crippen LogP contribution is -2.33. The number of aryl methyl sites for hydroxylation is 2. The molecule has 2 atom stereocenters. The zero-order valence-electron chi connectivity index (χ0n) is 12.7. The fourth-order valence-electron chi connectivity index (χ4n) is 2.79. The maximum Gasteiger partial charge on any atom is 0.0343 e. The van der Waals surface area contributed by atoms with Crippen LogP contribution < -0.4 is 11.5 Å². The van der Waals surface area contributed by atoms with Crippen molar-refractivity contribution in [3.05, 3.63) is 33.9 Å². The number of hydrogen-bond acceptors (Lipinski definition) is 2. The molecule has 0 aliphatic heterocycles. The molecule has 4 N–H and O–H groups in total. The Kier molecular flexibility index (Phi) is 4.94. The average Bonchev–Trinajstić information content (AvgIpc) is 2.27. The van der Waals surface area contributed by atoms with Gasteiger partial charge in [0.2, 0.25) is 0 Å². The molecule has 0 radical (unpaired) electrons. The van der Waals surface area contributed by atoms with Crippen molar-refractivity contribution in [1.82, 2.24) is 0 Å². The lowest BCUT2D eigenvalue weighted by atomic mass is 9.80. The average molecular weight is 248 g/mol. The Hall–Kier alpha value is -0.860. The first-order chi connectivity index (χ1) is 8.31. The van der Waals surface area contributed by atoms with Crippen molar-refractivity contribution < 1.29 is 0 Å². The first kappa shape index (κ1) is 15.2. The van der Waals surface area contributed by atoms with Crippen LogP contribution in [0.3, 0.4) is 0 Å². The summed E-state index contributed by atoms with van der Waals surface area (Å²) in [5.74, 6) is 0.841. The minimum Gasteiger partial charge on any atom is -0.330 e. The molecule has 1 aromatic carbocycles. The zero-order valence-corrected chi connectivity index (χ0v) is 12.7. The van der Waals surface area contributed by atoms with Gasteiger partial charge in [0.15, 0.2) is 0 Å². The molecule has 0 fully saturated rings. The molecule has 0 amide bonds. The van der Waals surface area contributed by atoms with Gasteiger partial charge in [-0.1, -0.05) is 19.9 Å². The highest BCUT2D eigenvalue weighted by Gasteiger charge is 2.25. The van der Waals surface area contributed by atoms with Gasteiger partial charge >= 0.3 is 0 Å². The zero-order chi connectivity index (χ0) is 14.0. The number of hydrogen-bond donors (Lipinski definition) is 2. The highest BCUT2D eigenvalue weighted by Crippen LogP contribution is 2.32. The topological polar surface area (TPSA) is 52.0 Å². The summed E-state index contributed by atoms with van der Waals surface area (Å²) in [6.45, 7) is 13.7. The highest BCUT2D eigenvalue weighted by molar-refractivity contribution is 5.45. The Labute approximate surface area is 112 Å². The van der Waals surface area contributed by atoms with Crippen LogP contribution in [0.2, 0.25) is 0 Å². The van der Waals surface area contributed by atoms with Gasteiger partial charge in [0.25, 0.3) is 0 Å². The second-order valence-corrected chi connectivity index (χ2v) is 5.84. The molecule has 0 aliphatic rings. The van der Waals surface area contributed by atoms with Gasteiger partial charge in [0, 0.05) is 6.04 Å². The summed E-state index contributed by atoms with van der Waals surface area (Å²) in [5, 5.41) is 0. The van der Waals surface area contributed by atoms with E-state index in [1.165, 1.54) is 27.8 Å². The summed E-state index contributed by atoms with van der Waals surface area (Å²) in [6.07, 6.45) is 0. The van der Waals surface area contributed by atoms with Gasteiger partial charge in [-0.15, -0.1) is 0 Å². The normalized spacial score (nSPS) is 14.9. The molecule has 0 aliphatic carbocycles. The second kappa shape index (κ2) is 5.85. The predicted octanol–water partition coefficient (Wildman–Crippen LogP) is 3.15. The summed E-state index contributed by atoms with van der Waals surface area (Å²) in [4.78, 5) is 0. The van der Waals surface area contributed by atoms with E-state index in [4.69, 9.17) is 11.5 Å². The molecular weight excluding hydrogens is 220 g/mol. The van der Waals surface area contributed by atoms with Crippen LogP contribution in [-0.2, 0) is 0 Å². The van der Waals surface area contributed by atoms with Crippen LogP contribution >= 0.6 is 0 Å². The number of nitrogens with two attached hydrogens (primary N) is 2. The summed E-state index contributed by atoms with van der Waals surface area (Å²) < 4.78 is 0. The van der Waals surface area contributed by atoms with E-state index >= 15 is 0 Å². The summed E-state index contributed by atoms with van der Waals surface area (Å²) in [5.41, 5.74) is 19.0. The molecule has 0 bridgehead atoms. The molecule has 2 nitrogen and oxygen atoms in total. The van der Waals surface area contributed by atoms with Gasteiger partial charge in [0.05, 0.1) is 0 Å². The molecule has 1 aromatic rings. The van der Waals surface area contributed by atoms with Gasteiger partial charge in [0.1, 0.15) is 0 Å². The molecule has 102 valence electrons. The van der Waals surface area contributed by atoms with Crippen molar-refractivity contribution in [3.8, 4) is 0 Å². The number of rotatable bonds is 4. The van der Waals surface area contributed by atoms with Gasteiger partial charge in [-0.25, -0.2) is 0 Å². The standard InChI is InChI=1S/C16H28N2/c1-9(2)14(8-17)16(18)15-12(5)10(3)7-11(4)13(15)6/h7,9,14,16H,8,17-18H2,1-6H3. The van der Waals surface area contributed by atoms with Crippen LogP contribution in [0.4, 0.5) is 0 Å². The van der Waals surface area contributed by atoms with E-state index in [0.29, 0.717) is 18.4 Å². The van der Waals surface area contributed by atoms with E-state index in [2.05, 4.69) is 47.6 Å². The monoisotopic (exact) mass is 248 g/mol. The molecule has 0 saturated heterocycles. The Balaban J connectivity index is 3.32. The van der Waals surface area contributed by atoms with Crippen LogP contribution in [-0.4, -0.2) is 6.54 Å². The van der Waals surface area contributed by atoms with E-state index in [-0.39, 0.29) is 6.04 Å². The first-order valence-electron chi connectivity index (χ1n) is 6.84. The number of benzene rings is 1. The predicted molar refractivity (Wildman–Crippen MR) is 79.7 cm³/mol. The maximum atomic E-state index is 6.51. The quantitative estimate of drug-likeness (QED) is 0.860. The largest absolute Gasteiger partial charge is 0.330 e. The van der Waals surface area contributed by atoms with Crippen molar-refractivity contribution in [2.45, 2.75) is 47.6 Å². The van der Waals surface area contributed by atoms with Crippen LogP contribution in [0.5, 0.6) is 0 Å². The third-order valence-electron chi connectivity index (χ3n) is 4.35. The van der Waals surface area contributed by atoms with E-state index < -0.39 is 0 Å². The summed E-state index contributed by atoms with van der Waals surface area (Å²) in [6, 6.07) is 2.28. The van der Waals surface area contributed by atoms with E-state index in [9.17, 15) is 0 Å². The van der Waals surface area contributed by atoms with Gasteiger partial charge in [-0.05, 0) is 73.9 Å². The van der Waals surface area contributed by atoms with Crippen LogP contribution in [0, 0.1) is 39.5 Å². The van der Waals surface area contributed by atoms with Gasteiger partial charge in [-0.3, -0.25) is 0 Å². The molecule has 0 aromatic heterocycles. The molecule has 2 unspecified atom stereocenters. The fourth-order valence-corrected chi connectivity index (χ4v) is 2.79. The first-order valence-corrected chi connectivity index (χ1v) is 6.84. The van der Waals surface area contributed by atoms with E-state index in [1.54, 1.807) is 0 Å². The minimum absolute atomic E-state index is 0.0357. The Morgan fingerprint density at radius 2 is 1.44 bits per heavy atom. The van der Waals surface area contributed by atoms with Crippen molar-refractivity contribution in [2.24, 2.45) is 23.3 Å². The van der Waals surface area contributed by atoms with Crippen LogP contribution in [0.1, 0.15) is 47.7 Å². The molecule has 2 heteroatoms. The second-order valence-electron chi connectivity index (χ2n) is 5.84. The summed E-state index contributed by atoms with van der Waals surface area (Å²) >= 11 is 0. The van der Waals surface area contributed by atoms with Crippen molar-refractivity contribution in [2.75, 3.05) is 6.54 Å². The van der Waals surface area contributed by atoms with Crippen molar-refractivity contribution in [3.63, 3.8) is 0 Å². The van der Waals surface area contributed by atoms with E-state index in [1.807, 2.05) is 0 Å². The lowest BCUT2D eigenvalue weighted by Gasteiger charge is -2.30. The van der Waals surface area contributed by atoms with Gasteiger partial charge < -0.3 is 11.5 Å². The lowest BCUT2D eigenvalue weighted by molar-refractivity contribution is 0.329. The molecule has 0 spiro atoms. The maximum absolute atomic E-state index is 6.51. The SMILES string of the molecule is Cc1cc(C)c(C)c(C(N)C(CN)C(C)C)c1C.